The molecule has 0 spiro atoms. The first-order valence-corrected chi connectivity index (χ1v) is 7.66. The summed E-state index contributed by atoms with van der Waals surface area (Å²) in [4.78, 5) is 2.72. The smallest absolute Gasteiger partial charge is 0.0638 e. The third-order valence-corrected chi connectivity index (χ3v) is 4.42. The maximum atomic E-state index is 4.64. The molecule has 2 aliphatic rings. The van der Waals surface area contributed by atoms with Gasteiger partial charge in [0.25, 0.3) is 0 Å². The molecule has 19 heavy (non-hydrogen) atoms. The standard InChI is InChI=1S/C15H26N4/c1-11(2)19-10-13(12(3)17-19)9-18(14-4-5-14)15-6-7-16-8-15/h10-11,14-16H,4-9H2,1-3H3. The minimum Gasteiger partial charge on any atom is -0.315 e. The van der Waals surface area contributed by atoms with Crippen molar-refractivity contribution in [3.05, 3.63) is 17.5 Å². The highest BCUT2D eigenvalue weighted by molar-refractivity contribution is 5.16. The van der Waals surface area contributed by atoms with Gasteiger partial charge in [0.2, 0.25) is 0 Å². The highest BCUT2D eigenvalue weighted by Crippen LogP contribution is 2.32. The largest absolute Gasteiger partial charge is 0.315 e. The SMILES string of the molecule is Cc1nn(C(C)C)cc1CN(C1CC1)C1CCNC1. The number of aryl methyl sites for hydroxylation is 1. The Morgan fingerprint density at radius 2 is 2.16 bits per heavy atom. The third kappa shape index (κ3) is 2.84. The summed E-state index contributed by atoms with van der Waals surface area (Å²) < 4.78 is 2.10. The predicted molar refractivity (Wildman–Crippen MR) is 77.2 cm³/mol. The van der Waals surface area contributed by atoms with E-state index < -0.39 is 0 Å². The maximum Gasteiger partial charge on any atom is 0.0638 e. The number of hydrogen-bond acceptors (Lipinski definition) is 3. The van der Waals surface area contributed by atoms with E-state index in [-0.39, 0.29) is 0 Å². The Labute approximate surface area is 116 Å². The van der Waals surface area contributed by atoms with Crippen LogP contribution < -0.4 is 5.32 Å². The van der Waals surface area contributed by atoms with Crippen LogP contribution in [-0.2, 0) is 6.54 Å². The summed E-state index contributed by atoms with van der Waals surface area (Å²) in [5, 5.41) is 8.14. The average molecular weight is 262 g/mol. The van der Waals surface area contributed by atoms with Gasteiger partial charge in [0.05, 0.1) is 5.69 Å². The van der Waals surface area contributed by atoms with Gasteiger partial charge in [0.15, 0.2) is 0 Å². The number of aromatic nitrogens is 2. The summed E-state index contributed by atoms with van der Waals surface area (Å²) in [6.45, 7) is 9.94. The molecule has 1 aromatic heterocycles. The molecule has 1 aliphatic carbocycles. The van der Waals surface area contributed by atoms with E-state index in [4.69, 9.17) is 0 Å². The molecular formula is C15H26N4. The highest BCUT2D eigenvalue weighted by atomic mass is 15.3. The first kappa shape index (κ1) is 13.1. The number of rotatable bonds is 5. The minimum atomic E-state index is 0.454. The highest BCUT2D eigenvalue weighted by Gasteiger charge is 2.35. The van der Waals surface area contributed by atoms with Gasteiger partial charge in [-0.3, -0.25) is 9.58 Å². The van der Waals surface area contributed by atoms with Crippen LogP contribution >= 0.6 is 0 Å². The Morgan fingerprint density at radius 1 is 1.37 bits per heavy atom. The van der Waals surface area contributed by atoms with Gasteiger partial charge in [0.1, 0.15) is 0 Å². The fourth-order valence-corrected chi connectivity index (χ4v) is 3.02. The Kier molecular flexibility index (Phi) is 3.63. The molecule has 3 rings (SSSR count). The van der Waals surface area contributed by atoms with E-state index in [1.165, 1.54) is 37.1 Å². The van der Waals surface area contributed by atoms with Gasteiger partial charge >= 0.3 is 0 Å². The lowest BCUT2D eigenvalue weighted by Gasteiger charge is -2.28. The second-order valence-electron chi connectivity index (χ2n) is 6.36. The van der Waals surface area contributed by atoms with Crippen molar-refractivity contribution in [2.45, 2.75) is 64.7 Å². The van der Waals surface area contributed by atoms with Crippen LogP contribution in [0.1, 0.15) is 50.4 Å². The van der Waals surface area contributed by atoms with Crippen molar-refractivity contribution in [1.82, 2.24) is 20.0 Å². The predicted octanol–water partition coefficient (Wildman–Crippen LogP) is 2.10. The maximum absolute atomic E-state index is 4.64. The zero-order valence-electron chi connectivity index (χ0n) is 12.4. The van der Waals surface area contributed by atoms with E-state index in [0.717, 1.165) is 25.2 Å². The van der Waals surface area contributed by atoms with Crippen LogP contribution in [0.2, 0.25) is 0 Å². The van der Waals surface area contributed by atoms with Gasteiger partial charge in [-0.05, 0) is 46.6 Å². The molecule has 1 aromatic rings. The quantitative estimate of drug-likeness (QED) is 0.882. The van der Waals surface area contributed by atoms with Crippen LogP contribution in [0.4, 0.5) is 0 Å². The molecule has 4 heteroatoms. The Morgan fingerprint density at radius 3 is 2.68 bits per heavy atom. The number of nitrogens with zero attached hydrogens (tertiary/aromatic N) is 3. The van der Waals surface area contributed by atoms with Gasteiger partial charge in [-0.15, -0.1) is 0 Å². The van der Waals surface area contributed by atoms with Crippen LogP contribution in [0.3, 0.4) is 0 Å². The Balaban J connectivity index is 1.74. The third-order valence-electron chi connectivity index (χ3n) is 4.42. The lowest BCUT2D eigenvalue weighted by Crippen LogP contribution is -2.38. The van der Waals surface area contributed by atoms with Crippen molar-refractivity contribution in [3.63, 3.8) is 0 Å². The van der Waals surface area contributed by atoms with Gasteiger partial charge in [-0.25, -0.2) is 0 Å². The molecule has 0 aromatic carbocycles. The summed E-state index contributed by atoms with van der Waals surface area (Å²) in [7, 11) is 0. The van der Waals surface area contributed by atoms with E-state index in [1.807, 2.05) is 0 Å². The molecule has 0 amide bonds. The van der Waals surface area contributed by atoms with Crippen LogP contribution in [0.15, 0.2) is 6.20 Å². The van der Waals surface area contributed by atoms with Crippen LogP contribution in [-0.4, -0.2) is 39.9 Å². The molecule has 1 aliphatic heterocycles. The first-order valence-electron chi connectivity index (χ1n) is 7.66. The molecule has 1 unspecified atom stereocenters. The number of nitrogens with one attached hydrogen (secondary N) is 1. The molecule has 2 fully saturated rings. The Bertz CT molecular complexity index is 427. The fourth-order valence-electron chi connectivity index (χ4n) is 3.02. The summed E-state index contributed by atoms with van der Waals surface area (Å²) in [5.41, 5.74) is 2.61. The zero-order chi connectivity index (χ0) is 13.4. The lowest BCUT2D eigenvalue weighted by atomic mass is 10.1. The molecular weight excluding hydrogens is 236 g/mol. The van der Waals surface area contributed by atoms with E-state index in [2.05, 4.69) is 47.0 Å². The van der Waals surface area contributed by atoms with Crippen molar-refractivity contribution in [2.24, 2.45) is 0 Å². The van der Waals surface area contributed by atoms with E-state index in [1.54, 1.807) is 0 Å². The molecule has 1 atom stereocenters. The first-order chi connectivity index (χ1) is 9.15. The molecule has 0 radical (unpaired) electrons. The van der Waals surface area contributed by atoms with Crippen LogP contribution in [0.5, 0.6) is 0 Å². The molecule has 1 saturated heterocycles. The van der Waals surface area contributed by atoms with Crippen molar-refractivity contribution in [2.75, 3.05) is 13.1 Å². The van der Waals surface area contributed by atoms with Crippen molar-refractivity contribution >= 4 is 0 Å². The summed E-state index contributed by atoms with van der Waals surface area (Å²) >= 11 is 0. The normalized spacial score (nSPS) is 23.7. The van der Waals surface area contributed by atoms with E-state index in [0.29, 0.717) is 6.04 Å². The van der Waals surface area contributed by atoms with Gasteiger partial charge in [-0.1, -0.05) is 0 Å². The molecule has 0 bridgehead atoms. The average Bonchev–Trinajstić information content (AvgIpc) is 2.93. The molecule has 1 N–H and O–H groups in total. The summed E-state index contributed by atoms with van der Waals surface area (Å²) in [5.74, 6) is 0. The minimum absolute atomic E-state index is 0.454. The molecule has 4 nitrogen and oxygen atoms in total. The van der Waals surface area contributed by atoms with E-state index in [9.17, 15) is 0 Å². The van der Waals surface area contributed by atoms with Gasteiger partial charge in [-0.2, -0.15) is 5.10 Å². The second kappa shape index (κ2) is 5.25. The van der Waals surface area contributed by atoms with Crippen molar-refractivity contribution in [1.29, 1.82) is 0 Å². The summed E-state index contributed by atoms with van der Waals surface area (Å²) in [6.07, 6.45) is 6.31. The molecule has 2 heterocycles. The monoisotopic (exact) mass is 262 g/mol. The Hall–Kier alpha value is -0.870. The van der Waals surface area contributed by atoms with E-state index >= 15 is 0 Å². The zero-order valence-corrected chi connectivity index (χ0v) is 12.4. The summed E-state index contributed by atoms with van der Waals surface area (Å²) in [6, 6.07) is 2.01. The van der Waals surface area contributed by atoms with Gasteiger partial charge < -0.3 is 5.32 Å². The number of hydrogen-bond donors (Lipinski definition) is 1. The fraction of sp³-hybridized carbons (Fsp3) is 0.800. The van der Waals surface area contributed by atoms with Gasteiger partial charge in [0, 0.05) is 43.0 Å². The molecule has 106 valence electrons. The topological polar surface area (TPSA) is 33.1 Å². The molecule has 1 saturated carbocycles. The lowest BCUT2D eigenvalue weighted by molar-refractivity contribution is 0.188. The van der Waals surface area contributed by atoms with Crippen LogP contribution in [0.25, 0.3) is 0 Å². The van der Waals surface area contributed by atoms with Crippen molar-refractivity contribution in [3.8, 4) is 0 Å². The second-order valence-corrected chi connectivity index (χ2v) is 6.36. The van der Waals surface area contributed by atoms with Crippen molar-refractivity contribution < 1.29 is 0 Å². The van der Waals surface area contributed by atoms with Crippen LogP contribution in [0, 0.1) is 6.92 Å².